The van der Waals surface area contributed by atoms with Crippen LogP contribution in [0.1, 0.15) is 40.5 Å². The average molecular weight is 285 g/mol. The van der Waals surface area contributed by atoms with Crippen LogP contribution in [0.25, 0.3) is 0 Å². The topological polar surface area (TPSA) is 72.9 Å². The molecular formula is C14H27N3O3. The van der Waals surface area contributed by atoms with Crippen LogP contribution in [-0.2, 0) is 4.79 Å². The second kappa shape index (κ2) is 6.92. The zero-order valence-corrected chi connectivity index (χ0v) is 13.0. The number of hydrogen-bond donors (Lipinski definition) is 2. The molecule has 1 saturated heterocycles. The molecule has 0 saturated carbocycles. The minimum absolute atomic E-state index is 0.106. The van der Waals surface area contributed by atoms with Gasteiger partial charge in [-0.2, -0.15) is 0 Å². The first kappa shape index (κ1) is 16.8. The molecular weight excluding hydrogens is 258 g/mol. The lowest BCUT2D eigenvalue weighted by Gasteiger charge is -2.42. The highest BCUT2D eigenvalue weighted by Crippen LogP contribution is 2.15. The molecule has 0 spiro atoms. The highest BCUT2D eigenvalue weighted by Gasteiger charge is 2.29. The number of carboxylic acid groups (broad SMARTS) is 1. The highest BCUT2D eigenvalue weighted by atomic mass is 16.4. The normalized spacial score (nSPS) is 18.7. The maximum atomic E-state index is 12.1. The Labute approximate surface area is 121 Å². The number of nitrogens with zero attached hydrogens (tertiary/aromatic N) is 2. The zero-order chi connectivity index (χ0) is 15.3. The van der Waals surface area contributed by atoms with Gasteiger partial charge in [0.25, 0.3) is 0 Å². The standard InChI is InChI=1S/C14H27N3O3/c1-5-6-11(12(18)19)15-13(20)16-7-9-17(10-8-16)14(2,3)4/h11H,5-10H2,1-4H3,(H,15,20)(H,18,19). The Bertz CT molecular complexity index is 344. The molecule has 2 amide bonds. The van der Waals surface area contributed by atoms with Crippen molar-refractivity contribution in [3.63, 3.8) is 0 Å². The van der Waals surface area contributed by atoms with Gasteiger partial charge in [0, 0.05) is 31.7 Å². The Hall–Kier alpha value is -1.30. The summed E-state index contributed by atoms with van der Waals surface area (Å²) in [6, 6.07) is -1.05. The van der Waals surface area contributed by atoms with Crippen LogP contribution in [0, 0.1) is 0 Å². The number of nitrogens with one attached hydrogen (secondary N) is 1. The predicted molar refractivity (Wildman–Crippen MR) is 77.8 cm³/mol. The number of carboxylic acids is 1. The van der Waals surface area contributed by atoms with Gasteiger partial charge in [-0.1, -0.05) is 13.3 Å². The molecule has 2 N–H and O–H groups in total. The lowest BCUT2D eigenvalue weighted by atomic mass is 10.1. The molecule has 0 radical (unpaired) electrons. The molecule has 1 heterocycles. The van der Waals surface area contributed by atoms with Gasteiger partial charge in [0.05, 0.1) is 0 Å². The first-order valence-corrected chi connectivity index (χ1v) is 7.29. The van der Waals surface area contributed by atoms with Crippen LogP contribution in [0.15, 0.2) is 0 Å². The molecule has 1 aliphatic rings. The molecule has 20 heavy (non-hydrogen) atoms. The van der Waals surface area contributed by atoms with E-state index >= 15 is 0 Å². The number of hydrogen-bond acceptors (Lipinski definition) is 3. The first-order chi connectivity index (χ1) is 9.25. The zero-order valence-electron chi connectivity index (χ0n) is 13.0. The number of piperazine rings is 1. The van der Waals surface area contributed by atoms with Crippen LogP contribution in [0.5, 0.6) is 0 Å². The molecule has 0 aromatic heterocycles. The summed E-state index contributed by atoms with van der Waals surface area (Å²) in [6.45, 7) is 11.3. The monoisotopic (exact) mass is 285 g/mol. The first-order valence-electron chi connectivity index (χ1n) is 7.29. The quantitative estimate of drug-likeness (QED) is 0.818. The molecule has 1 unspecified atom stereocenters. The van der Waals surface area contributed by atoms with Gasteiger partial charge < -0.3 is 15.3 Å². The number of urea groups is 1. The van der Waals surface area contributed by atoms with Gasteiger partial charge in [-0.25, -0.2) is 9.59 Å². The SMILES string of the molecule is CCCC(NC(=O)N1CCN(C(C)(C)C)CC1)C(=O)O. The summed E-state index contributed by atoms with van der Waals surface area (Å²) in [5.74, 6) is -0.964. The van der Waals surface area contributed by atoms with Crippen LogP contribution in [0.3, 0.4) is 0 Å². The summed E-state index contributed by atoms with van der Waals surface area (Å²) in [4.78, 5) is 27.2. The molecule has 0 aliphatic carbocycles. The largest absolute Gasteiger partial charge is 0.480 e. The molecule has 6 nitrogen and oxygen atoms in total. The van der Waals surface area contributed by atoms with Gasteiger partial charge in [-0.15, -0.1) is 0 Å². The lowest BCUT2D eigenvalue weighted by Crippen LogP contribution is -2.57. The molecule has 1 fully saturated rings. The van der Waals surface area contributed by atoms with Crippen molar-refractivity contribution in [2.75, 3.05) is 26.2 Å². The summed E-state index contributed by atoms with van der Waals surface area (Å²) in [6.07, 6.45) is 1.19. The van der Waals surface area contributed by atoms with Gasteiger partial charge in [0.1, 0.15) is 6.04 Å². The van der Waals surface area contributed by atoms with E-state index in [1.54, 1.807) is 4.90 Å². The summed E-state index contributed by atoms with van der Waals surface area (Å²) in [7, 11) is 0. The number of aliphatic carboxylic acids is 1. The molecule has 6 heteroatoms. The van der Waals surface area contributed by atoms with E-state index in [0.717, 1.165) is 19.5 Å². The molecule has 116 valence electrons. The Morgan fingerprint density at radius 2 is 1.75 bits per heavy atom. The molecule has 0 aromatic carbocycles. The third kappa shape index (κ3) is 4.67. The van der Waals surface area contributed by atoms with Crippen molar-refractivity contribution in [3.05, 3.63) is 0 Å². The van der Waals surface area contributed by atoms with Crippen LogP contribution in [0.4, 0.5) is 4.79 Å². The van der Waals surface area contributed by atoms with Gasteiger partial charge in [0.15, 0.2) is 0 Å². The fourth-order valence-corrected chi connectivity index (χ4v) is 2.37. The van der Waals surface area contributed by atoms with Crippen LogP contribution >= 0.6 is 0 Å². The molecule has 1 aliphatic heterocycles. The maximum Gasteiger partial charge on any atom is 0.326 e. The van der Waals surface area contributed by atoms with Gasteiger partial charge in [-0.3, -0.25) is 4.90 Å². The second-order valence-corrected chi connectivity index (χ2v) is 6.27. The number of carbonyl (C=O) groups is 2. The maximum absolute atomic E-state index is 12.1. The summed E-state index contributed by atoms with van der Waals surface area (Å²) >= 11 is 0. The van der Waals surface area contributed by atoms with Gasteiger partial charge >= 0.3 is 12.0 Å². The predicted octanol–water partition coefficient (Wildman–Crippen LogP) is 1.37. The summed E-state index contributed by atoms with van der Waals surface area (Å²) in [5.41, 5.74) is 0.106. The van der Waals surface area contributed by atoms with Gasteiger partial charge in [-0.05, 0) is 27.2 Å². The molecule has 0 aromatic rings. The van der Waals surface area contributed by atoms with E-state index in [1.807, 2.05) is 6.92 Å². The van der Waals surface area contributed by atoms with Crippen LogP contribution < -0.4 is 5.32 Å². The Morgan fingerprint density at radius 1 is 1.20 bits per heavy atom. The minimum Gasteiger partial charge on any atom is -0.480 e. The molecule has 1 rings (SSSR count). The third-order valence-electron chi connectivity index (χ3n) is 3.69. The van der Waals surface area contributed by atoms with E-state index in [4.69, 9.17) is 5.11 Å². The van der Waals surface area contributed by atoms with Crippen molar-refractivity contribution in [1.29, 1.82) is 0 Å². The van der Waals surface area contributed by atoms with Crippen molar-refractivity contribution in [2.45, 2.75) is 52.1 Å². The van der Waals surface area contributed by atoms with Crippen molar-refractivity contribution in [1.82, 2.24) is 15.1 Å². The number of amides is 2. The number of rotatable bonds is 4. The van der Waals surface area contributed by atoms with E-state index < -0.39 is 12.0 Å². The van der Waals surface area contributed by atoms with Crippen molar-refractivity contribution >= 4 is 12.0 Å². The summed E-state index contributed by atoms with van der Waals surface area (Å²) < 4.78 is 0. The van der Waals surface area contributed by atoms with E-state index in [-0.39, 0.29) is 11.6 Å². The number of carbonyl (C=O) groups excluding carboxylic acids is 1. The van der Waals surface area contributed by atoms with E-state index in [2.05, 4.69) is 31.0 Å². The fraction of sp³-hybridized carbons (Fsp3) is 0.857. The van der Waals surface area contributed by atoms with E-state index in [1.165, 1.54) is 0 Å². The fourth-order valence-electron chi connectivity index (χ4n) is 2.37. The highest BCUT2D eigenvalue weighted by molar-refractivity contribution is 5.82. The Balaban J connectivity index is 2.48. The molecule has 1 atom stereocenters. The average Bonchev–Trinajstić information content (AvgIpc) is 2.37. The van der Waals surface area contributed by atoms with Crippen molar-refractivity contribution in [3.8, 4) is 0 Å². The third-order valence-corrected chi connectivity index (χ3v) is 3.69. The van der Waals surface area contributed by atoms with Crippen LogP contribution in [0.2, 0.25) is 0 Å². The summed E-state index contributed by atoms with van der Waals surface area (Å²) in [5, 5.41) is 11.7. The van der Waals surface area contributed by atoms with Crippen molar-refractivity contribution in [2.24, 2.45) is 0 Å². The molecule has 0 bridgehead atoms. The van der Waals surface area contributed by atoms with Crippen LogP contribution in [-0.4, -0.2) is 64.7 Å². The van der Waals surface area contributed by atoms with E-state index in [9.17, 15) is 9.59 Å². The minimum atomic E-state index is -0.964. The van der Waals surface area contributed by atoms with Crippen molar-refractivity contribution < 1.29 is 14.7 Å². The smallest absolute Gasteiger partial charge is 0.326 e. The second-order valence-electron chi connectivity index (χ2n) is 6.27. The Kier molecular flexibility index (Phi) is 5.80. The van der Waals surface area contributed by atoms with E-state index in [0.29, 0.717) is 19.5 Å². The van der Waals surface area contributed by atoms with Gasteiger partial charge in [0.2, 0.25) is 0 Å². The lowest BCUT2D eigenvalue weighted by molar-refractivity contribution is -0.139. The Morgan fingerprint density at radius 3 is 2.15 bits per heavy atom.